The second-order valence-electron chi connectivity index (χ2n) is 6.02. The van der Waals surface area contributed by atoms with Gasteiger partial charge in [0.15, 0.2) is 0 Å². The molecule has 1 aliphatic heterocycles. The maximum atomic E-state index is 12.3. The molecule has 0 spiro atoms. The van der Waals surface area contributed by atoms with Crippen molar-refractivity contribution in [2.75, 3.05) is 25.1 Å². The molecule has 1 aromatic rings. The van der Waals surface area contributed by atoms with Crippen molar-refractivity contribution in [1.29, 1.82) is 0 Å². The number of nitrogens with zero attached hydrogens (tertiary/aromatic N) is 1. The normalized spacial score (nSPS) is 17.2. The number of carbonyl (C=O) groups is 3. The first-order chi connectivity index (χ1) is 12.0. The van der Waals surface area contributed by atoms with Gasteiger partial charge in [0.2, 0.25) is 11.8 Å². The summed E-state index contributed by atoms with van der Waals surface area (Å²) in [6, 6.07) is 7.11. The fourth-order valence-electron chi connectivity index (χ4n) is 2.81. The van der Waals surface area contributed by atoms with Gasteiger partial charge in [0.05, 0.1) is 25.7 Å². The molecule has 1 aliphatic rings. The minimum absolute atomic E-state index is 0.0510. The molecule has 1 fully saturated rings. The maximum Gasteiger partial charge on any atom is 0.305 e. The molecule has 2 rings (SSSR count). The van der Waals surface area contributed by atoms with Crippen molar-refractivity contribution in [3.8, 4) is 0 Å². The summed E-state index contributed by atoms with van der Waals surface area (Å²) in [5, 5.41) is 11.7. The van der Waals surface area contributed by atoms with Crippen molar-refractivity contribution < 1.29 is 24.2 Å². The highest BCUT2D eigenvalue weighted by Crippen LogP contribution is 2.15. The molecule has 0 saturated carbocycles. The lowest BCUT2D eigenvalue weighted by molar-refractivity contribution is -0.146. The van der Waals surface area contributed by atoms with E-state index in [1.807, 2.05) is 31.2 Å². The lowest BCUT2D eigenvalue weighted by Gasteiger charge is -2.34. The minimum Gasteiger partial charge on any atom is -0.481 e. The summed E-state index contributed by atoms with van der Waals surface area (Å²) in [6.45, 7) is 3.00. The standard InChI is InChI=1S/C18H24N2O5/c1-2-13-4-3-5-14(10-13)19-16(21)6-7-17(22)20-8-9-25-12-15(20)11-18(23)24/h3-5,10,15H,2,6-9,11-12H2,1H3,(H,19,21)(H,23,24)/t15-/m1/s1. The summed E-state index contributed by atoms with van der Waals surface area (Å²) in [7, 11) is 0. The Morgan fingerprint density at radius 1 is 1.32 bits per heavy atom. The monoisotopic (exact) mass is 348 g/mol. The first-order valence-corrected chi connectivity index (χ1v) is 8.47. The lowest BCUT2D eigenvalue weighted by atomic mass is 10.1. The molecule has 1 heterocycles. The van der Waals surface area contributed by atoms with E-state index in [4.69, 9.17) is 9.84 Å². The molecule has 7 heteroatoms. The van der Waals surface area contributed by atoms with Gasteiger partial charge in [-0.3, -0.25) is 14.4 Å². The van der Waals surface area contributed by atoms with Gasteiger partial charge in [0.25, 0.3) is 0 Å². The van der Waals surface area contributed by atoms with Gasteiger partial charge < -0.3 is 20.1 Å². The van der Waals surface area contributed by atoms with Crippen LogP contribution in [0.2, 0.25) is 0 Å². The minimum atomic E-state index is -0.971. The van der Waals surface area contributed by atoms with E-state index in [0.717, 1.165) is 12.0 Å². The highest BCUT2D eigenvalue weighted by Gasteiger charge is 2.29. The molecule has 1 aromatic carbocycles. The number of nitrogens with one attached hydrogen (secondary N) is 1. The molecule has 0 unspecified atom stereocenters. The van der Waals surface area contributed by atoms with Crippen molar-refractivity contribution >= 4 is 23.5 Å². The van der Waals surface area contributed by atoms with E-state index in [0.29, 0.717) is 18.8 Å². The average molecular weight is 348 g/mol. The Balaban J connectivity index is 1.85. The topological polar surface area (TPSA) is 95.9 Å². The van der Waals surface area contributed by atoms with Crippen LogP contribution in [0.25, 0.3) is 0 Å². The number of carboxylic acids is 1. The van der Waals surface area contributed by atoms with Gasteiger partial charge in [0.1, 0.15) is 0 Å². The molecule has 25 heavy (non-hydrogen) atoms. The molecule has 2 amide bonds. The maximum absolute atomic E-state index is 12.3. The average Bonchev–Trinajstić information content (AvgIpc) is 2.60. The van der Waals surface area contributed by atoms with Crippen LogP contribution in [0.3, 0.4) is 0 Å². The van der Waals surface area contributed by atoms with Crippen LogP contribution in [-0.2, 0) is 25.5 Å². The number of rotatable bonds is 7. The second kappa shape index (κ2) is 9.17. The van der Waals surface area contributed by atoms with E-state index < -0.39 is 12.0 Å². The number of carbonyl (C=O) groups excluding carboxylic acids is 2. The summed E-state index contributed by atoms with van der Waals surface area (Å²) in [6.07, 6.45) is 0.841. The van der Waals surface area contributed by atoms with Gasteiger partial charge in [-0.1, -0.05) is 19.1 Å². The Labute approximate surface area is 147 Å². The number of hydrogen-bond donors (Lipinski definition) is 2. The Hall–Kier alpha value is -2.41. The summed E-state index contributed by atoms with van der Waals surface area (Å²) in [4.78, 5) is 36.8. The van der Waals surface area contributed by atoms with Gasteiger partial charge in [-0.05, 0) is 24.1 Å². The summed E-state index contributed by atoms with van der Waals surface area (Å²) >= 11 is 0. The zero-order chi connectivity index (χ0) is 18.2. The Morgan fingerprint density at radius 3 is 2.84 bits per heavy atom. The second-order valence-corrected chi connectivity index (χ2v) is 6.02. The van der Waals surface area contributed by atoms with E-state index in [2.05, 4.69) is 5.32 Å². The fraction of sp³-hybridized carbons (Fsp3) is 0.500. The molecule has 1 atom stereocenters. The third-order valence-electron chi connectivity index (χ3n) is 4.14. The van der Waals surface area contributed by atoms with Crippen LogP contribution in [0.15, 0.2) is 24.3 Å². The van der Waals surface area contributed by atoms with Gasteiger partial charge in [-0.15, -0.1) is 0 Å². The fourth-order valence-corrected chi connectivity index (χ4v) is 2.81. The van der Waals surface area contributed by atoms with E-state index in [-0.39, 0.29) is 37.7 Å². The van der Waals surface area contributed by atoms with Crippen LogP contribution in [0, 0.1) is 0 Å². The Kier molecular flexibility index (Phi) is 6.94. The van der Waals surface area contributed by atoms with Gasteiger partial charge in [-0.25, -0.2) is 0 Å². The molecule has 0 bridgehead atoms. The first-order valence-electron chi connectivity index (χ1n) is 8.47. The third kappa shape index (κ3) is 5.86. The van der Waals surface area contributed by atoms with E-state index >= 15 is 0 Å². The number of anilines is 1. The van der Waals surface area contributed by atoms with Crippen LogP contribution in [0.1, 0.15) is 31.7 Å². The summed E-state index contributed by atoms with van der Waals surface area (Å²) < 4.78 is 5.25. The highest BCUT2D eigenvalue weighted by atomic mass is 16.5. The number of morpholine rings is 1. The van der Waals surface area contributed by atoms with Gasteiger partial charge >= 0.3 is 5.97 Å². The van der Waals surface area contributed by atoms with Crippen LogP contribution < -0.4 is 5.32 Å². The zero-order valence-electron chi connectivity index (χ0n) is 14.4. The van der Waals surface area contributed by atoms with Crippen molar-refractivity contribution in [1.82, 2.24) is 4.90 Å². The predicted molar refractivity (Wildman–Crippen MR) is 92.3 cm³/mol. The largest absolute Gasteiger partial charge is 0.481 e. The van der Waals surface area contributed by atoms with Crippen LogP contribution in [0.5, 0.6) is 0 Å². The SMILES string of the molecule is CCc1cccc(NC(=O)CCC(=O)N2CCOC[C@H]2CC(=O)O)c1. The van der Waals surface area contributed by atoms with Crippen LogP contribution in [-0.4, -0.2) is 53.6 Å². The molecular weight excluding hydrogens is 324 g/mol. The molecule has 0 aliphatic carbocycles. The van der Waals surface area contributed by atoms with Crippen molar-refractivity contribution in [2.45, 2.75) is 38.6 Å². The summed E-state index contributed by atoms with van der Waals surface area (Å²) in [5.74, 6) is -1.42. The Morgan fingerprint density at radius 2 is 2.12 bits per heavy atom. The van der Waals surface area contributed by atoms with Gasteiger partial charge in [0, 0.05) is 25.1 Å². The number of aryl methyl sites for hydroxylation is 1. The molecule has 1 saturated heterocycles. The number of benzene rings is 1. The summed E-state index contributed by atoms with van der Waals surface area (Å²) in [5.41, 5.74) is 1.84. The number of aliphatic carboxylic acids is 1. The van der Waals surface area contributed by atoms with E-state index in [1.54, 1.807) is 0 Å². The first kappa shape index (κ1) is 18.9. The molecule has 0 radical (unpaired) electrons. The number of carboxylic acid groups (broad SMARTS) is 1. The molecule has 2 N–H and O–H groups in total. The predicted octanol–water partition coefficient (Wildman–Crippen LogP) is 1.67. The smallest absolute Gasteiger partial charge is 0.305 e. The van der Waals surface area contributed by atoms with Crippen molar-refractivity contribution in [2.24, 2.45) is 0 Å². The number of hydrogen-bond acceptors (Lipinski definition) is 4. The van der Waals surface area contributed by atoms with Crippen molar-refractivity contribution in [3.63, 3.8) is 0 Å². The molecule has 136 valence electrons. The number of amides is 2. The van der Waals surface area contributed by atoms with Gasteiger partial charge in [-0.2, -0.15) is 0 Å². The van der Waals surface area contributed by atoms with Crippen LogP contribution >= 0.6 is 0 Å². The Bertz CT molecular complexity index is 632. The zero-order valence-corrected chi connectivity index (χ0v) is 14.4. The molecular formula is C18H24N2O5. The quantitative estimate of drug-likeness (QED) is 0.781. The van der Waals surface area contributed by atoms with Crippen LogP contribution in [0.4, 0.5) is 5.69 Å². The molecule has 7 nitrogen and oxygen atoms in total. The highest BCUT2D eigenvalue weighted by molar-refractivity contribution is 5.93. The van der Waals surface area contributed by atoms with E-state index in [9.17, 15) is 14.4 Å². The lowest BCUT2D eigenvalue weighted by Crippen LogP contribution is -2.49. The number of ether oxygens (including phenoxy) is 1. The van der Waals surface area contributed by atoms with Crippen molar-refractivity contribution in [3.05, 3.63) is 29.8 Å². The molecule has 0 aromatic heterocycles. The van der Waals surface area contributed by atoms with E-state index in [1.165, 1.54) is 4.90 Å². The third-order valence-corrected chi connectivity index (χ3v) is 4.14.